The molecule has 3 aliphatic carbocycles. The van der Waals surface area contributed by atoms with Crippen LogP contribution in [0.1, 0.15) is 47.9 Å². The first-order valence-corrected chi connectivity index (χ1v) is 13.5. The van der Waals surface area contributed by atoms with Crippen LogP contribution in [0, 0.1) is 17.8 Å². The highest BCUT2D eigenvalue weighted by molar-refractivity contribution is 6.10. The van der Waals surface area contributed by atoms with Crippen LogP contribution in [0.5, 0.6) is 5.75 Å². The summed E-state index contributed by atoms with van der Waals surface area (Å²) < 4.78 is 10.5. The van der Waals surface area contributed by atoms with Crippen molar-refractivity contribution in [2.24, 2.45) is 17.8 Å². The number of hydrogen-bond donors (Lipinski definition) is 1. The summed E-state index contributed by atoms with van der Waals surface area (Å²) in [5.41, 5.74) is 4.78. The van der Waals surface area contributed by atoms with Gasteiger partial charge < -0.3 is 14.8 Å². The zero-order valence-electron chi connectivity index (χ0n) is 22.5. The minimum atomic E-state index is -1.13. The maximum Gasteiger partial charge on any atom is 0.330 e. The number of rotatable bonds is 7. The third-order valence-electron chi connectivity index (χ3n) is 8.35. The summed E-state index contributed by atoms with van der Waals surface area (Å²) in [6, 6.07) is 21.6. The molecule has 204 valence electrons. The van der Waals surface area contributed by atoms with E-state index in [4.69, 9.17) is 9.47 Å². The van der Waals surface area contributed by atoms with Crippen molar-refractivity contribution >= 4 is 29.4 Å². The predicted octanol–water partition coefficient (Wildman–Crippen LogP) is 4.09. The Morgan fingerprint density at radius 1 is 0.800 bits per heavy atom. The molecule has 8 nitrogen and oxygen atoms in total. The maximum atomic E-state index is 14.0. The van der Waals surface area contributed by atoms with Crippen LogP contribution in [0.3, 0.4) is 0 Å². The van der Waals surface area contributed by atoms with Crippen molar-refractivity contribution < 1.29 is 28.7 Å². The molecule has 40 heavy (non-hydrogen) atoms. The summed E-state index contributed by atoms with van der Waals surface area (Å²) in [5.74, 6) is -3.48. The molecule has 2 bridgehead atoms. The van der Waals surface area contributed by atoms with Gasteiger partial charge in [-0.05, 0) is 52.4 Å². The van der Waals surface area contributed by atoms with Gasteiger partial charge in [-0.25, -0.2) is 4.79 Å². The Labute approximate surface area is 232 Å². The molecular weight excluding hydrogens is 508 g/mol. The number of carbonyl (C=O) groups excluding carboxylic acids is 4. The molecule has 1 saturated heterocycles. The van der Waals surface area contributed by atoms with Gasteiger partial charge in [-0.2, -0.15) is 0 Å². The average molecular weight is 539 g/mol. The lowest BCUT2D eigenvalue weighted by atomic mass is 9.55. The number of hydrogen-bond acceptors (Lipinski definition) is 6. The second-order valence-corrected chi connectivity index (χ2v) is 10.9. The second-order valence-electron chi connectivity index (χ2n) is 10.9. The van der Waals surface area contributed by atoms with Crippen molar-refractivity contribution in [3.8, 4) is 5.75 Å². The number of benzene rings is 3. The highest BCUT2D eigenvalue weighted by Gasteiger charge is 2.63. The number of anilines is 1. The topological polar surface area (TPSA) is 102 Å². The Kier molecular flexibility index (Phi) is 6.41. The summed E-state index contributed by atoms with van der Waals surface area (Å²) in [6.45, 7) is 2.99. The van der Waals surface area contributed by atoms with Gasteiger partial charge in [0, 0.05) is 17.5 Å². The van der Waals surface area contributed by atoms with Crippen molar-refractivity contribution in [3.05, 3.63) is 95.1 Å². The molecule has 1 aliphatic heterocycles. The molecule has 1 heterocycles. The molecule has 1 N–H and O–H groups in total. The number of likely N-dealkylation sites (tertiary alicyclic amines) is 1. The molecule has 3 atom stereocenters. The fourth-order valence-corrected chi connectivity index (χ4v) is 6.74. The first-order chi connectivity index (χ1) is 19.3. The number of imide groups is 1. The molecule has 3 aromatic rings. The quantitative estimate of drug-likeness (QED) is 0.359. The van der Waals surface area contributed by atoms with Gasteiger partial charge in [0.1, 0.15) is 11.8 Å². The van der Waals surface area contributed by atoms with Gasteiger partial charge in [-0.1, -0.05) is 62.4 Å². The Hall–Kier alpha value is -4.46. The van der Waals surface area contributed by atoms with E-state index in [1.807, 2.05) is 48.5 Å². The van der Waals surface area contributed by atoms with Gasteiger partial charge in [0.15, 0.2) is 6.61 Å². The molecular formula is C32H30N2O6. The Balaban J connectivity index is 1.24. The van der Waals surface area contributed by atoms with E-state index < -0.39 is 42.3 Å². The largest absolute Gasteiger partial charge is 0.497 e. The molecule has 0 saturated carbocycles. The van der Waals surface area contributed by atoms with Gasteiger partial charge in [0.25, 0.3) is 5.91 Å². The number of nitrogens with zero attached hydrogens (tertiary/aromatic N) is 1. The normalized spacial score (nSPS) is 22.9. The fourth-order valence-electron chi connectivity index (χ4n) is 6.74. The number of carbonyl (C=O) groups is 4. The molecule has 3 aromatic carbocycles. The molecule has 1 fully saturated rings. The molecule has 4 aliphatic rings. The zero-order chi connectivity index (χ0) is 28.1. The van der Waals surface area contributed by atoms with E-state index in [1.165, 1.54) is 0 Å². The average Bonchev–Trinajstić information content (AvgIpc) is 3.22. The summed E-state index contributed by atoms with van der Waals surface area (Å²) in [7, 11) is 1.55. The smallest absolute Gasteiger partial charge is 0.330 e. The molecule has 0 spiro atoms. The molecule has 0 aromatic heterocycles. The predicted molar refractivity (Wildman–Crippen MR) is 147 cm³/mol. The Bertz CT molecular complexity index is 1400. The lowest BCUT2D eigenvalue weighted by Gasteiger charge is -2.45. The molecule has 8 heteroatoms. The van der Waals surface area contributed by atoms with E-state index in [1.54, 1.807) is 45.2 Å². The number of nitrogens with one attached hydrogen (secondary N) is 1. The van der Waals surface area contributed by atoms with Crippen LogP contribution in [0.15, 0.2) is 72.8 Å². The number of ether oxygens (including phenoxy) is 2. The van der Waals surface area contributed by atoms with E-state index in [9.17, 15) is 19.2 Å². The van der Waals surface area contributed by atoms with E-state index in [0.29, 0.717) is 11.4 Å². The van der Waals surface area contributed by atoms with E-state index in [2.05, 4.69) is 5.32 Å². The van der Waals surface area contributed by atoms with E-state index in [0.717, 1.165) is 27.2 Å². The first-order valence-electron chi connectivity index (χ1n) is 13.5. The second kappa shape index (κ2) is 9.93. The first kappa shape index (κ1) is 25.8. The summed E-state index contributed by atoms with van der Waals surface area (Å²) >= 11 is 0. The lowest BCUT2D eigenvalue weighted by Crippen LogP contribution is -2.49. The van der Waals surface area contributed by atoms with E-state index in [-0.39, 0.29) is 23.7 Å². The molecule has 7 rings (SSSR count). The molecule has 0 radical (unpaired) electrons. The zero-order valence-corrected chi connectivity index (χ0v) is 22.5. The van der Waals surface area contributed by atoms with Crippen LogP contribution in [-0.4, -0.2) is 48.3 Å². The number of amides is 3. The van der Waals surface area contributed by atoms with Gasteiger partial charge >= 0.3 is 5.97 Å². The van der Waals surface area contributed by atoms with Crippen molar-refractivity contribution in [1.82, 2.24) is 4.90 Å². The standard InChI is InChI=1S/C32H30N2O6/c1-17(2)29(32(38)40-16-24(35)33-18-12-14-19(39-3)15-13-18)34-30(36)27-25-20-8-4-5-9-21(20)26(28(27)31(34)37)23-11-7-6-10-22(23)25/h4-15,17,25-29H,16H2,1-3H3,(H,33,35)/t25?,26?,27-,28+,29-/m1/s1. The summed E-state index contributed by atoms with van der Waals surface area (Å²) in [6.07, 6.45) is 0. The summed E-state index contributed by atoms with van der Waals surface area (Å²) in [4.78, 5) is 55.1. The fraction of sp³-hybridized carbons (Fsp3) is 0.312. The van der Waals surface area contributed by atoms with Crippen molar-refractivity contribution in [1.29, 1.82) is 0 Å². The van der Waals surface area contributed by atoms with Gasteiger partial charge in [0.05, 0.1) is 18.9 Å². The third kappa shape index (κ3) is 3.97. The van der Waals surface area contributed by atoms with Crippen LogP contribution in [0.4, 0.5) is 5.69 Å². The van der Waals surface area contributed by atoms with Crippen molar-refractivity contribution in [2.45, 2.75) is 31.7 Å². The Morgan fingerprint density at radius 2 is 1.27 bits per heavy atom. The van der Waals surface area contributed by atoms with Gasteiger partial charge in [-0.3, -0.25) is 19.3 Å². The minimum absolute atomic E-state index is 0.261. The number of esters is 1. The van der Waals surface area contributed by atoms with Gasteiger partial charge in [0.2, 0.25) is 11.8 Å². The van der Waals surface area contributed by atoms with E-state index >= 15 is 0 Å². The van der Waals surface area contributed by atoms with Crippen molar-refractivity contribution in [2.75, 3.05) is 19.0 Å². The van der Waals surface area contributed by atoms with Gasteiger partial charge in [-0.15, -0.1) is 0 Å². The van der Waals surface area contributed by atoms with Crippen LogP contribution < -0.4 is 10.1 Å². The summed E-state index contributed by atoms with van der Waals surface area (Å²) in [5, 5.41) is 2.67. The highest BCUT2D eigenvalue weighted by Crippen LogP contribution is 2.61. The monoisotopic (exact) mass is 538 g/mol. The van der Waals surface area contributed by atoms with Crippen LogP contribution >= 0.6 is 0 Å². The van der Waals surface area contributed by atoms with Crippen LogP contribution in [0.2, 0.25) is 0 Å². The third-order valence-corrected chi connectivity index (χ3v) is 8.35. The number of methoxy groups -OCH3 is 1. The molecule has 3 amide bonds. The van der Waals surface area contributed by atoms with Crippen LogP contribution in [0.25, 0.3) is 0 Å². The SMILES string of the molecule is COc1ccc(NC(=O)COC(=O)[C@@H](C(C)C)N2C(=O)[C@@H]3C4c5ccccc5C(c5ccccc54)[C@@H]3C2=O)cc1. The van der Waals surface area contributed by atoms with Crippen LogP contribution in [-0.2, 0) is 23.9 Å². The highest BCUT2D eigenvalue weighted by atomic mass is 16.5. The lowest BCUT2D eigenvalue weighted by molar-refractivity contribution is -0.162. The van der Waals surface area contributed by atoms with Crippen molar-refractivity contribution in [3.63, 3.8) is 0 Å². The molecule has 0 unspecified atom stereocenters. The minimum Gasteiger partial charge on any atom is -0.497 e. The maximum absolute atomic E-state index is 14.0. The Morgan fingerprint density at radius 3 is 1.70 bits per heavy atom.